The van der Waals surface area contributed by atoms with Gasteiger partial charge in [0.1, 0.15) is 5.75 Å². The number of amides is 1. The number of H-pyrrole nitrogens is 1. The van der Waals surface area contributed by atoms with Crippen molar-refractivity contribution >= 4 is 26.6 Å². The van der Waals surface area contributed by atoms with Crippen LogP contribution in [-0.4, -0.2) is 53.2 Å². The molecule has 1 N–H and O–H groups in total. The maximum atomic E-state index is 12.5. The highest BCUT2D eigenvalue weighted by Crippen LogP contribution is 2.28. The summed E-state index contributed by atoms with van der Waals surface area (Å²) >= 11 is 0. The van der Waals surface area contributed by atoms with E-state index in [0.717, 1.165) is 35.0 Å². The highest BCUT2D eigenvalue weighted by Gasteiger charge is 2.29. The second-order valence-corrected chi connectivity index (χ2v) is 8.72. The highest BCUT2D eigenvalue weighted by molar-refractivity contribution is 7.91. The standard InChI is InChI=1S/C18H20N4O4S/c1-11-12(2)19-15-6-5-13(9-14(11)15)17-20-21-18(26-17)27(24,25)10-16(23)22-7-3-4-8-22/h5-6,9,19H,3-4,7-8,10H2,1-2H3. The van der Waals surface area contributed by atoms with E-state index in [4.69, 9.17) is 4.42 Å². The first-order chi connectivity index (χ1) is 12.8. The van der Waals surface area contributed by atoms with Gasteiger partial charge in [-0.1, -0.05) is 5.10 Å². The summed E-state index contributed by atoms with van der Waals surface area (Å²) in [4.78, 5) is 17.0. The van der Waals surface area contributed by atoms with Crippen LogP contribution in [0.1, 0.15) is 24.1 Å². The number of hydrogen-bond donors (Lipinski definition) is 1. The molecule has 1 aromatic carbocycles. The van der Waals surface area contributed by atoms with E-state index in [1.54, 1.807) is 11.0 Å². The first kappa shape index (κ1) is 17.7. The topological polar surface area (TPSA) is 109 Å². The summed E-state index contributed by atoms with van der Waals surface area (Å²) in [6.45, 7) is 5.19. The molecule has 1 aliphatic rings. The van der Waals surface area contributed by atoms with Gasteiger partial charge in [-0.25, -0.2) is 8.42 Å². The Morgan fingerprint density at radius 3 is 2.70 bits per heavy atom. The van der Waals surface area contributed by atoms with Gasteiger partial charge >= 0.3 is 5.22 Å². The molecule has 3 heterocycles. The van der Waals surface area contributed by atoms with Crippen LogP contribution < -0.4 is 0 Å². The molecule has 8 nitrogen and oxygen atoms in total. The molecule has 0 atom stereocenters. The van der Waals surface area contributed by atoms with Crippen molar-refractivity contribution in [3.05, 3.63) is 29.5 Å². The molecule has 0 unspecified atom stereocenters. The van der Waals surface area contributed by atoms with Crippen molar-refractivity contribution in [2.45, 2.75) is 31.9 Å². The van der Waals surface area contributed by atoms with Gasteiger partial charge in [0.05, 0.1) is 0 Å². The molecule has 1 aliphatic heterocycles. The SMILES string of the molecule is Cc1[nH]c2ccc(-c3nnc(S(=O)(=O)CC(=O)N4CCCC4)o3)cc2c1C. The van der Waals surface area contributed by atoms with Gasteiger partial charge < -0.3 is 14.3 Å². The van der Waals surface area contributed by atoms with Gasteiger partial charge in [-0.3, -0.25) is 4.79 Å². The van der Waals surface area contributed by atoms with E-state index in [0.29, 0.717) is 18.7 Å². The number of nitrogens with zero attached hydrogens (tertiary/aromatic N) is 3. The monoisotopic (exact) mass is 388 g/mol. The van der Waals surface area contributed by atoms with Crippen molar-refractivity contribution < 1.29 is 17.6 Å². The molecule has 1 saturated heterocycles. The Labute approximate surface area is 156 Å². The average molecular weight is 388 g/mol. The minimum atomic E-state index is -3.97. The summed E-state index contributed by atoms with van der Waals surface area (Å²) in [5.74, 6) is -0.960. The van der Waals surface area contributed by atoms with Gasteiger partial charge in [0, 0.05) is 35.2 Å². The fraction of sp³-hybridized carbons (Fsp3) is 0.389. The Morgan fingerprint density at radius 1 is 1.22 bits per heavy atom. The zero-order chi connectivity index (χ0) is 19.2. The molecule has 9 heteroatoms. The number of carbonyl (C=O) groups excluding carboxylic acids is 1. The van der Waals surface area contributed by atoms with Crippen molar-refractivity contribution in [2.75, 3.05) is 18.8 Å². The number of fused-ring (bicyclic) bond motifs is 1. The molecular weight excluding hydrogens is 368 g/mol. The molecule has 2 aromatic heterocycles. The molecule has 27 heavy (non-hydrogen) atoms. The van der Waals surface area contributed by atoms with E-state index in [2.05, 4.69) is 15.2 Å². The quantitative estimate of drug-likeness (QED) is 0.734. The number of aryl methyl sites for hydroxylation is 2. The van der Waals surface area contributed by atoms with E-state index in [-0.39, 0.29) is 5.89 Å². The molecule has 1 amide bonds. The number of hydrogen-bond acceptors (Lipinski definition) is 6. The van der Waals surface area contributed by atoms with Crippen LogP contribution >= 0.6 is 0 Å². The maximum absolute atomic E-state index is 12.5. The first-order valence-electron chi connectivity index (χ1n) is 8.78. The Kier molecular flexibility index (Phi) is 4.26. The van der Waals surface area contributed by atoms with Crippen molar-refractivity contribution in [3.63, 3.8) is 0 Å². The third kappa shape index (κ3) is 3.23. The summed E-state index contributed by atoms with van der Waals surface area (Å²) in [5, 5.41) is 8.03. The van der Waals surface area contributed by atoms with Crippen molar-refractivity contribution in [2.24, 2.45) is 0 Å². The van der Waals surface area contributed by atoms with Crippen LogP contribution in [0.25, 0.3) is 22.4 Å². The fourth-order valence-corrected chi connectivity index (χ4v) is 4.33. The Hall–Kier alpha value is -2.68. The third-order valence-electron chi connectivity index (χ3n) is 5.00. The van der Waals surface area contributed by atoms with Crippen LogP contribution in [0.5, 0.6) is 0 Å². The third-order valence-corrected chi connectivity index (χ3v) is 6.32. The lowest BCUT2D eigenvalue weighted by molar-refractivity contribution is -0.127. The van der Waals surface area contributed by atoms with Crippen LogP contribution in [0.2, 0.25) is 0 Å². The zero-order valence-corrected chi connectivity index (χ0v) is 16.0. The molecule has 4 rings (SSSR count). The molecule has 0 radical (unpaired) electrons. The first-order valence-corrected chi connectivity index (χ1v) is 10.4. The number of aromatic amines is 1. The minimum Gasteiger partial charge on any atom is -0.408 e. The lowest BCUT2D eigenvalue weighted by Crippen LogP contribution is -2.33. The number of rotatable bonds is 4. The number of benzene rings is 1. The molecule has 1 fully saturated rings. The molecule has 0 spiro atoms. The van der Waals surface area contributed by atoms with Gasteiger partial charge in [-0.15, -0.1) is 5.10 Å². The predicted molar refractivity (Wildman–Crippen MR) is 98.9 cm³/mol. The van der Waals surface area contributed by atoms with E-state index in [1.807, 2.05) is 26.0 Å². The molecule has 3 aromatic rings. The van der Waals surface area contributed by atoms with Crippen molar-refractivity contribution in [3.8, 4) is 11.5 Å². The molecule has 0 aliphatic carbocycles. The van der Waals surface area contributed by atoms with Gasteiger partial charge in [-0.2, -0.15) is 0 Å². The summed E-state index contributed by atoms with van der Waals surface area (Å²) in [6.07, 6.45) is 1.80. The van der Waals surface area contributed by atoms with Gasteiger partial charge in [0.15, 0.2) is 0 Å². The second-order valence-electron chi connectivity index (χ2n) is 6.86. The van der Waals surface area contributed by atoms with Crippen LogP contribution in [-0.2, 0) is 14.6 Å². The smallest absolute Gasteiger partial charge is 0.336 e. The lowest BCUT2D eigenvalue weighted by Gasteiger charge is -2.13. The van der Waals surface area contributed by atoms with Crippen molar-refractivity contribution in [1.29, 1.82) is 0 Å². The largest absolute Gasteiger partial charge is 0.408 e. The van der Waals surface area contributed by atoms with E-state index < -0.39 is 26.7 Å². The summed E-state index contributed by atoms with van der Waals surface area (Å²) in [7, 11) is -3.97. The Balaban J connectivity index is 1.61. The molecule has 0 bridgehead atoms. The Bertz CT molecular complexity index is 1120. The van der Waals surface area contributed by atoms with E-state index in [1.165, 1.54) is 0 Å². The van der Waals surface area contributed by atoms with Crippen LogP contribution in [0.4, 0.5) is 0 Å². The summed E-state index contributed by atoms with van der Waals surface area (Å²) < 4.78 is 30.3. The van der Waals surface area contributed by atoms with Crippen LogP contribution in [0, 0.1) is 13.8 Å². The maximum Gasteiger partial charge on any atom is 0.336 e. The number of likely N-dealkylation sites (tertiary alicyclic amines) is 1. The molecule has 142 valence electrons. The van der Waals surface area contributed by atoms with E-state index >= 15 is 0 Å². The number of aromatic nitrogens is 3. The van der Waals surface area contributed by atoms with E-state index in [9.17, 15) is 13.2 Å². The average Bonchev–Trinajstić information content (AvgIpc) is 3.36. The lowest BCUT2D eigenvalue weighted by atomic mass is 10.1. The second kappa shape index (κ2) is 6.49. The summed E-state index contributed by atoms with van der Waals surface area (Å²) in [6, 6.07) is 5.56. The minimum absolute atomic E-state index is 0.113. The Morgan fingerprint density at radius 2 is 1.96 bits per heavy atom. The number of sulfone groups is 1. The normalized spacial score (nSPS) is 15.0. The van der Waals surface area contributed by atoms with Crippen LogP contribution in [0.3, 0.4) is 0 Å². The number of carbonyl (C=O) groups is 1. The molecule has 0 saturated carbocycles. The van der Waals surface area contributed by atoms with Gasteiger partial charge in [0.25, 0.3) is 0 Å². The highest BCUT2D eigenvalue weighted by atomic mass is 32.2. The predicted octanol–water partition coefficient (Wildman–Crippen LogP) is 2.23. The molecular formula is C18H20N4O4S. The summed E-state index contributed by atoms with van der Waals surface area (Å²) in [5.41, 5.74) is 3.79. The van der Waals surface area contributed by atoms with Crippen LogP contribution in [0.15, 0.2) is 27.8 Å². The fourth-order valence-electron chi connectivity index (χ4n) is 3.33. The van der Waals surface area contributed by atoms with Gasteiger partial charge in [-0.05, 0) is 50.5 Å². The van der Waals surface area contributed by atoms with Gasteiger partial charge in [0.2, 0.25) is 21.6 Å². The number of nitrogens with one attached hydrogen (secondary N) is 1. The zero-order valence-electron chi connectivity index (χ0n) is 15.2. The van der Waals surface area contributed by atoms with Crippen molar-refractivity contribution in [1.82, 2.24) is 20.1 Å².